The summed E-state index contributed by atoms with van der Waals surface area (Å²) in [7, 11) is 0. The summed E-state index contributed by atoms with van der Waals surface area (Å²) in [6, 6.07) is 0. The number of aliphatic hydroxyl groups is 1. The molecule has 80 valence electrons. The summed E-state index contributed by atoms with van der Waals surface area (Å²) >= 11 is 0. The zero-order valence-corrected chi connectivity index (χ0v) is 8.79. The Kier molecular flexibility index (Phi) is 9.87. The van der Waals surface area contributed by atoms with Crippen LogP contribution in [-0.4, -0.2) is 38.1 Å². The van der Waals surface area contributed by atoms with E-state index in [1.807, 2.05) is 0 Å². The van der Waals surface area contributed by atoms with E-state index in [1.165, 1.54) is 0 Å². The smallest absolute Gasteiger partial charge is 0.0489 e. The fraction of sp³-hybridized carbons (Fsp3) is 1.00. The van der Waals surface area contributed by atoms with E-state index in [0.29, 0.717) is 12.5 Å². The Morgan fingerprint density at radius 2 is 1.62 bits per heavy atom. The van der Waals surface area contributed by atoms with Crippen molar-refractivity contribution in [2.75, 3.05) is 33.0 Å². The van der Waals surface area contributed by atoms with Gasteiger partial charge >= 0.3 is 0 Å². The Hall–Kier alpha value is -0.120. The fourth-order valence-electron chi connectivity index (χ4n) is 0.851. The van der Waals surface area contributed by atoms with Crippen LogP contribution < -0.4 is 0 Å². The van der Waals surface area contributed by atoms with Crippen LogP contribution in [-0.2, 0) is 9.47 Å². The van der Waals surface area contributed by atoms with E-state index < -0.39 is 0 Å². The van der Waals surface area contributed by atoms with Gasteiger partial charge in [-0.1, -0.05) is 13.8 Å². The summed E-state index contributed by atoms with van der Waals surface area (Å²) in [5.41, 5.74) is 0. The van der Waals surface area contributed by atoms with Crippen molar-refractivity contribution in [1.82, 2.24) is 0 Å². The normalized spacial score (nSPS) is 11.1. The third kappa shape index (κ3) is 11.9. The molecule has 1 N–H and O–H groups in total. The van der Waals surface area contributed by atoms with Crippen LogP contribution in [0.3, 0.4) is 0 Å². The maximum atomic E-state index is 8.46. The van der Waals surface area contributed by atoms with E-state index >= 15 is 0 Å². The molecule has 0 aliphatic rings. The monoisotopic (exact) mass is 190 g/mol. The Labute approximate surface area is 81.0 Å². The van der Waals surface area contributed by atoms with E-state index in [2.05, 4.69) is 13.8 Å². The zero-order valence-electron chi connectivity index (χ0n) is 8.79. The van der Waals surface area contributed by atoms with Crippen LogP contribution in [0.5, 0.6) is 0 Å². The molecule has 0 rings (SSSR count). The van der Waals surface area contributed by atoms with Crippen molar-refractivity contribution in [3.63, 3.8) is 0 Å². The van der Waals surface area contributed by atoms with Gasteiger partial charge in [0.05, 0.1) is 0 Å². The molecule has 0 aromatic heterocycles. The predicted octanol–water partition coefficient (Wildman–Crippen LogP) is 1.45. The molecule has 0 aromatic rings. The van der Waals surface area contributed by atoms with Gasteiger partial charge in [0.15, 0.2) is 0 Å². The fourth-order valence-corrected chi connectivity index (χ4v) is 0.851. The lowest BCUT2D eigenvalue weighted by Crippen LogP contribution is -2.06. The first-order chi connectivity index (χ1) is 6.27. The molecule has 0 amide bonds. The number of hydrogen-bond donors (Lipinski definition) is 1. The van der Waals surface area contributed by atoms with Gasteiger partial charge in [-0.2, -0.15) is 0 Å². The third-order valence-corrected chi connectivity index (χ3v) is 1.48. The Morgan fingerprint density at radius 3 is 2.23 bits per heavy atom. The second-order valence-electron chi connectivity index (χ2n) is 3.51. The molecule has 0 aliphatic heterocycles. The van der Waals surface area contributed by atoms with Gasteiger partial charge in [-0.25, -0.2) is 0 Å². The van der Waals surface area contributed by atoms with E-state index in [0.717, 1.165) is 32.7 Å². The highest BCUT2D eigenvalue weighted by Crippen LogP contribution is 1.93. The number of ether oxygens (including phenoxy) is 2. The molecule has 3 heteroatoms. The highest BCUT2D eigenvalue weighted by atomic mass is 16.5. The van der Waals surface area contributed by atoms with Gasteiger partial charge in [-0.3, -0.25) is 0 Å². The Balaban J connectivity index is 2.84. The van der Waals surface area contributed by atoms with Crippen LogP contribution in [0.1, 0.15) is 26.7 Å². The molecule has 0 aromatic carbocycles. The second-order valence-corrected chi connectivity index (χ2v) is 3.51. The number of rotatable bonds is 9. The first-order valence-corrected chi connectivity index (χ1v) is 5.03. The van der Waals surface area contributed by atoms with Gasteiger partial charge in [0.2, 0.25) is 0 Å². The minimum absolute atomic E-state index is 0.212. The van der Waals surface area contributed by atoms with Crippen LogP contribution in [0.25, 0.3) is 0 Å². The van der Waals surface area contributed by atoms with Gasteiger partial charge in [-0.05, 0) is 18.8 Å². The van der Waals surface area contributed by atoms with Crippen molar-refractivity contribution in [1.29, 1.82) is 0 Å². The molecule has 0 heterocycles. The predicted molar refractivity (Wildman–Crippen MR) is 52.8 cm³/mol. The minimum atomic E-state index is 0.212. The second kappa shape index (κ2) is 9.96. The molecule has 3 nitrogen and oxygen atoms in total. The van der Waals surface area contributed by atoms with Crippen LogP contribution in [0.4, 0.5) is 0 Å². The molecule has 13 heavy (non-hydrogen) atoms. The van der Waals surface area contributed by atoms with Gasteiger partial charge < -0.3 is 14.6 Å². The quantitative estimate of drug-likeness (QED) is 0.559. The van der Waals surface area contributed by atoms with Crippen molar-refractivity contribution in [3.05, 3.63) is 0 Å². The van der Waals surface area contributed by atoms with Gasteiger partial charge in [0.1, 0.15) is 0 Å². The summed E-state index contributed by atoms with van der Waals surface area (Å²) in [6.07, 6.45) is 1.67. The lowest BCUT2D eigenvalue weighted by Gasteiger charge is -2.06. The molecule has 0 spiro atoms. The Morgan fingerprint density at radius 1 is 1.00 bits per heavy atom. The van der Waals surface area contributed by atoms with E-state index in [1.54, 1.807) is 0 Å². The Bertz CT molecular complexity index is 94.2. The average molecular weight is 190 g/mol. The van der Waals surface area contributed by atoms with Crippen molar-refractivity contribution < 1.29 is 14.6 Å². The van der Waals surface area contributed by atoms with Crippen molar-refractivity contribution in [3.8, 4) is 0 Å². The summed E-state index contributed by atoms with van der Waals surface area (Å²) in [5, 5.41) is 8.46. The molecule has 0 radical (unpaired) electrons. The molecular weight excluding hydrogens is 168 g/mol. The standard InChI is InChI=1S/C10H22O3/c1-10(2)9-13-8-4-7-12-6-3-5-11/h10-11H,3-9H2,1-2H3. The molecule has 0 aliphatic carbocycles. The van der Waals surface area contributed by atoms with Crippen LogP contribution in [0, 0.1) is 5.92 Å². The number of hydrogen-bond acceptors (Lipinski definition) is 3. The third-order valence-electron chi connectivity index (χ3n) is 1.48. The summed E-state index contributed by atoms with van der Waals surface area (Å²) in [5.74, 6) is 0.607. The van der Waals surface area contributed by atoms with Gasteiger partial charge in [-0.15, -0.1) is 0 Å². The molecule has 0 bridgehead atoms. The van der Waals surface area contributed by atoms with Gasteiger partial charge in [0, 0.05) is 33.0 Å². The average Bonchev–Trinajstić information content (AvgIpc) is 2.09. The highest BCUT2D eigenvalue weighted by Gasteiger charge is 1.93. The molecule has 0 saturated heterocycles. The van der Waals surface area contributed by atoms with Crippen LogP contribution in [0.15, 0.2) is 0 Å². The topological polar surface area (TPSA) is 38.7 Å². The van der Waals surface area contributed by atoms with Crippen LogP contribution >= 0.6 is 0 Å². The molecule has 0 fully saturated rings. The number of aliphatic hydroxyl groups excluding tert-OH is 1. The summed E-state index contributed by atoms with van der Waals surface area (Å²) in [4.78, 5) is 0. The van der Waals surface area contributed by atoms with Crippen molar-refractivity contribution in [2.45, 2.75) is 26.7 Å². The van der Waals surface area contributed by atoms with E-state index in [9.17, 15) is 0 Å². The lowest BCUT2D eigenvalue weighted by molar-refractivity contribution is 0.0667. The summed E-state index contributed by atoms with van der Waals surface area (Å²) < 4.78 is 10.6. The van der Waals surface area contributed by atoms with Crippen LogP contribution in [0.2, 0.25) is 0 Å². The van der Waals surface area contributed by atoms with Gasteiger partial charge in [0.25, 0.3) is 0 Å². The SMILES string of the molecule is CC(C)COCCCOCCCO. The molecule has 0 saturated carbocycles. The maximum absolute atomic E-state index is 8.46. The lowest BCUT2D eigenvalue weighted by atomic mass is 10.2. The molecule has 0 unspecified atom stereocenters. The zero-order chi connectivity index (χ0) is 9.94. The first-order valence-electron chi connectivity index (χ1n) is 5.03. The minimum Gasteiger partial charge on any atom is -0.396 e. The largest absolute Gasteiger partial charge is 0.396 e. The van der Waals surface area contributed by atoms with Crippen molar-refractivity contribution >= 4 is 0 Å². The molecular formula is C10H22O3. The van der Waals surface area contributed by atoms with Crippen molar-refractivity contribution in [2.24, 2.45) is 5.92 Å². The van der Waals surface area contributed by atoms with E-state index in [4.69, 9.17) is 14.6 Å². The highest BCUT2D eigenvalue weighted by molar-refractivity contribution is 4.41. The maximum Gasteiger partial charge on any atom is 0.0489 e. The summed E-state index contributed by atoms with van der Waals surface area (Å²) in [6.45, 7) is 7.48. The first kappa shape index (κ1) is 12.9. The van der Waals surface area contributed by atoms with E-state index in [-0.39, 0.29) is 6.61 Å². The molecule has 0 atom stereocenters.